The standard InChI is InChI=1S/C26H53N3O8P2/c1-3-36-25-14-7-5-11-22(25)17-28(20-38(30,31)32)19-24(13-9-10-16-27)29(21-39(33,34)35)18-23-12-6-8-15-26(23)37-4-2/h4,22-26H,2-3,5-21,27H2,1H3,(H2,30,31,32)(H2,33,34,35)/t22?,23?,24-,25?,26?/m0/s1. The number of nitrogens with two attached hydrogens (primary N) is 1. The van der Waals surface area contributed by atoms with Gasteiger partial charge in [-0.3, -0.25) is 18.9 Å². The Morgan fingerprint density at radius 2 is 1.51 bits per heavy atom. The lowest BCUT2D eigenvalue weighted by atomic mass is 9.85. The topological polar surface area (TPSA) is 166 Å². The second kappa shape index (κ2) is 17.6. The van der Waals surface area contributed by atoms with Crippen molar-refractivity contribution in [3.8, 4) is 0 Å². The van der Waals surface area contributed by atoms with Crippen LogP contribution in [0.2, 0.25) is 0 Å². The zero-order valence-electron chi connectivity index (χ0n) is 23.7. The maximum Gasteiger partial charge on any atom is 0.339 e. The van der Waals surface area contributed by atoms with Crippen molar-refractivity contribution in [3.05, 3.63) is 12.8 Å². The van der Waals surface area contributed by atoms with Crippen LogP contribution in [0.1, 0.15) is 77.6 Å². The first kappa shape index (κ1) is 34.9. The van der Waals surface area contributed by atoms with Gasteiger partial charge in [0.25, 0.3) is 0 Å². The van der Waals surface area contributed by atoms with Crippen LogP contribution >= 0.6 is 15.2 Å². The van der Waals surface area contributed by atoms with E-state index in [1.807, 2.05) is 11.8 Å². The highest BCUT2D eigenvalue weighted by Gasteiger charge is 2.36. The highest BCUT2D eigenvalue weighted by atomic mass is 31.2. The Morgan fingerprint density at radius 1 is 0.923 bits per heavy atom. The second-order valence-corrected chi connectivity index (χ2v) is 14.5. The predicted molar refractivity (Wildman–Crippen MR) is 153 cm³/mol. The molecule has 2 fully saturated rings. The van der Waals surface area contributed by atoms with Crippen LogP contribution in [-0.4, -0.2) is 93.0 Å². The quantitative estimate of drug-likeness (QED) is 0.0838. The first-order valence-electron chi connectivity index (χ1n) is 14.6. The maximum absolute atomic E-state index is 12.3. The molecule has 0 saturated heterocycles. The molecule has 0 radical (unpaired) electrons. The Bertz CT molecular complexity index is 793. The van der Waals surface area contributed by atoms with Crippen LogP contribution in [0.15, 0.2) is 12.8 Å². The summed E-state index contributed by atoms with van der Waals surface area (Å²) in [5.41, 5.74) is 5.75. The third-order valence-electron chi connectivity index (χ3n) is 8.02. The molecule has 4 unspecified atom stereocenters. The van der Waals surface area contributed by atoms with Gasteiger partial charge in [0.2, 0.25) is 0 Å². The summed E-state index contributed by atoms with van der Waals surface area (Å²) in [6, 6.07) is -0.309. The zero-order chi connectivity index (χ0) is 28.9. The molecule has 0 aromatic heterocycles. The average molecular weight is 598 g/mol. The highest BCUT2D eigenvalue weighted by molar-refractivity contribution is 7.51. The van der Waals surface area contributed by atoms with E-state index in [-0.39, 0.29) is 30.1 Å². The van der Waals surface area contributed by atoms with Gasteiger partial charge in [0, 0.05) is 38.2 Å². The van der Waals surface area contributed by atoms with Crippen LogP contribution in [0.25, 0.3) is 0 Å². The average Bonchev–Trinajstić information content (AvgIpc) is 2.84. The second-order valence-electron chi connectivity index (χ2n) is 11.3. The summed E-state index contributed by atoms with van der Waals surface area (Å²) < 4.78 is 36.3. The van der Waals surface area contributed by atoms with Crippen LogP contribution < -0.4 is 5.73 Å². The Morgan fingerprint density at radius 3 is 2.08 bits per heavy atom. The summed E-state index contributed by atoms with van der Waals surface area (Å²) in [7, 11) is -8.78. The van der Waals surface area contributed by atoms with E-state index in [0.717, 1.165) is 64.2 Å². The lowest BCUT2D eigenvalue weighted by molar-refractivity contribution is -0.0186. The number of unbranched alkanes of at least 4 members (excludes halogenated alkanes) is 1. The summed E-state index contributed by atoms with van der Waals surface area (Å²) in [5.74, 6) is 0.227. The number of nitrogens with zero attached hydrogens (tertiary/aromatic N) is 2. The SMILES string of the molecule is C=COC1CCCCC1CN(CP(=O)(O)O)[C@@H](CCCCN)CN(CC1CCCCC1OCC)CP(=O)(O)O. The molecule has 6 N–H and O–H groups in total. The van der Waals surface area contributed by atoms with Gasteiger partial charge in [-0.1, -0.05) is 32.3 Å². The van der Waals surface area contributed by atoms with Crippen molar-refractivity contribution in [2.75, 3.05) is 45.4 Å². The number of hydrogen-bond donors (Lipinski definition) is 5. The van der Waals surface area contributed by atoms with Crippen LogP contribution in [-0.2, 0) is 18.6 Å². The van der Waals surface area contributed by atoms with Crippen LogP contribution in [0.5, 0.6) is 0 Å². The Kier molecular flexibility index (Phi) is 15.7. The molecule has 0 aromatic carbocycles. The molecule has 230 valence electrons. The third-order valence-corrected chi connectivity index (χ3v) is 9.52. The van der Waals surface area contributed by atoms with E-state index < -0.39 is 27.8 Å². The first-order chi connectivity index (χ1) is 18.5. The van der Waals surface area contributed by atoms with Gasteiger partial charge < -0.3 is 34.8 Å². The van der Waals surface area contributed by atoms with E-state index in [0.29, 0.717) is 39.2 Å². The van der Waals surface area contributed by atoms with Gasteiger partial charge in [-0.25, -0.2) is 0 Å². The fraction of sp³-hybridized carbons (Fsp3) is 0.923. The lowest BCUT2D eigenvalue weighted by Gasteiger charge is -2.41. The molecular formula is C26H53N3O8P2. The van der Waals surface area contributed by atoms with Crippen molar-refractivity contribution < 1.29 is 38.2 Å². The van der Waals surface area contributed by atoms with Crippen molar-refractivity contribution in [2.45, 2.75) is 95.8 Å². The van der Waals surface area contributed by atoms with E-state index in [9.17, 15) is 28.7 Å². The van der Waals surface area contributed by atoms with Gasteiger partial charge in [0.1, 0.15) is 18.7 Å². The zero-order valence-corrected chi connectivity index (χ0v) is 25.5. The molecule has 0 aromatic rings. The molecule has 2 rings (SSSR count). The Labute approximate surface area is 234 Å². The van der Waals surface area contributed by atoms with Crippen molar-refractivity contribution in [1.82, 2.24) is 9.80 Å². The third kappa shape index (κ3) is 13.9. The number of hydrogen-bond acceptors (Lipinski definition) is 7. The first-order valence-corrected chi connectivity index (χ1v) is 18.2. The molecule has 5 atom stereocenters. The van der Waals surface area contributed by atoms with Crippen molar-refractivity contribution in [3.63, 3.8) is 0 Å². The Hall–Kier alpha value is -0.320. The van der Waals surface area contributed by atoms with Crippen LogP contribution in [0.3, 0.4) is 0 Å². The van der Waals surface area contributed by atoms with Crippen molar-refractivity contribution >= 4 is 15.2 Å². The summed E-state index contributed by atoms with van der Waals surface area (Å²) in [5, 5.41) is 0. The normalized spacial score (nSPS) is 25.6. The summed E-state index contributed by atoms with van der Waals surface area (Å²) in [4.78, 5) is 43.6. The van der Waals surface area contributed by atoms with Gasteiger partial charge in [-0.05, 0) is 64.3 Å². The van der Waals surface area contributed by atoms with Crippen LogP contribution in [0.4, 0.5) is 0 Å². The number of rotatable bonds is 19. The lowest BCUT2D eigenvalue weighted by Crippen LogP contribution is -2.50. The molecule has 39 heavy (non-hydrogen) atoms. The summed E-state index contributed by atoms with van der Waals surface area (Å²) in [6.07, 6.45) is 10.5. The monoisotopic (exact) mass is 597 g/mol. The molecule has 2 saturated carbocycles. The predicted octanol–water partition coefficient (Wildman–Crippen LogP) is 3.67. The minimum Gasteiger partial charge on any atom is -0.498 e. The van der Waals surface area contributed by atoms with E-state index >= 15 is 0 Å². The van der Waals surface area contributed by atoms with E-state index in [4.69, 9.17) is 15.2 Å². The molecule has 0 spiro atoms. The maximum atomic E-state index is 12.3. The summed E-state index contributed by atoms with van der Waals surface area (Å²) in [6.45, 7) is 7.96. The smallest absolute Gasteiger partial charge is 0.339 e. The molecule has 2 aliphatic carbocycles. The molecule has 2 aliphatic rings. The fourth-order valence-corrected chi connectivity index (χ4v) is 7.93. The molecule has 0 amide bonds. The van der Waals surface area contributed by atoms with Crippen molar-refractivity contribution in [2.24, 2.45) is 17.6 Å². The van der Waals surface area contributed by atoms with Gasteiger partial charge in [0.05, 0.1) is 12.4 Å². The fourth-order valence-electron chi connectivity index (χ4n) is 6.36. The van der Waals surface area contributed by atoms with Gasteiger partial charge in [-0.15, -0.1) is 0 Å². The highest BCUT2D eigenvalue weighted by Crippen LogP contribution is 2.40. The van der Waals surface area contributed by atoms with Crippen molar-refractivity contribution in [1.29, 1.82) is 0 Å². The van der Waals surface area contributed by atoms with Gasteiger partial charge in [0.15, 0.2) is 0 Å². The van der Waals surface area contributed by atoms with E-state index in [1.165, 1.54) is 6.26 Å². The van der Waals surface area contributed by atoms with E-state index in [1.54, 1.807) is 4.90 Å². The minimum absolute atomic E-state index is 0.0453. The molecule has 0 bridgehead atoms. The van der Waals surface area contributed by atoms with Crippen LogP contribution in [0, 0.1) is 11.8 Å². The van der Waals surface area contributed by atoms with Gasteiger partial charge in [-0.2, -0.15) is 0 Å². The largest absolute Gasteiger partial charge is 0.498 e. The molecule has 13 heteroatoms. The summed E-state index contributed by atoms with van der Waals surface area (Å²) >= 11 is 0. The molecular weight excluding hydrogens is 544 g/mol. The minimum atomic E-state index is -4.41. The molecule has 11 nitrogen and oxygen atoms in total. The molecule has 0 heterocycles. The van der Waals surface area contributed by atoms with E-state index in [2.05, 4.69) is 6.58 Å². The molecule has 0 aliphatic heterocycles. The number of ether oxygens (including phenoxy) is 2. The van der Waals surface area contributed by atoms with Gasteiger partial charge >= 0.3 is 15.2 Å². The Balaban J connectivity index is 2.33.